The summed E-state index contributed by atoms with van der Waals surface area (Å²) >= 11 is 3.12. The molecular weight excluding hydrogens is 228 g/mol. The van der Waals surface area contributed by atoms with Gasteiger partial charge in [0.25, 0.3) is 0 Å². The Morgan fingerprint density at radius 1 is 1.17 bits per heavy atom. The normalized spacial score (nSPS) is 12.4. The van der Waals surface area contributed by atoms with Crippen molar-refractivity contribution in [3.05, 3.63) is 0 Å². The van der Waals surface area contributed by atoms with Crippen LogP contribution in [0.1, 0.15) is 6.92 Å². The molecule has 12 heavy (non-hydrogen) atoms. The quantitative estimate of drug-likeness (QED) is 0.414. The third kappa shape index (κ3) is 2.81. The first kappa shape index (κ1) is 11.4. The zero-order valence-corrected chi connectivity index (χ0v) is 8.75. The molecule has 0 aromatic carbocycles. The molecule has 0 fully saturated rings. The first-order valence-electron chi connectivity index (χ1n) is 3.34. The molecule has 1 atom stereocenters. The van der Waals surface area contributed by atoms with Crippen molar-refractivity contribution in [2.45, 2.75) is 11.8 Å². The van der Waals surface area contributed by atoms with E-state index in [0.717, 1.165) is 0 Å². The van der Waals surface area contributed by atoms with Crippen LogP contribution >= 0.6 is 15.9 Å². The third-order valence-corrected chi connectivity index (χ3v) is 1.90. The highest BCUT2D eigenvalue weighted by Crippen LogP contribution is 2.15. The number of carbonyl (C=O) groups excluding carboxylic acids is 2. The van der Waals surface area contributed by atoms with Crippen molar-refractivity contribution < 1.29 is 19.1 Å². The number of carbonyl (C=O) groups is 2. The second-order valence-corrected chi connectivity index (χ2v) is 3.65. The highest BCUT2D eigenvalue weighted by molar-refractivity contribution is 9.09. The fraction of sp³-hybridized carbons (Fsp3) is 0.714. The number of alkyl halides is 1. The zero-order valence-electron chi connectivity index (χ0n) is 7.17. The highest BCUT2D eigenvalue weighted by Gasteiger charge is 2.32. The van der Waals surface area contributed by atoms with Crippen LogP contribution < -0.4 is 0 Å². The van der Waals surface area contributed by atoms with Crippen molar-refractivity contribution in [2.24, 2.45) is 5.92 Å². The number of esters is 2. The average molecular weight is 239 g/mol. The third-order valence-electron chi connectivity index (χ3n) is 1.37. The van der Waals surface area contributed by atoms with Gasteiger partial charge in [-0.1, -0.05) is 22.9 Å². The van der Waals surface area contributed by atoms with Crippen molar-refractivity contribution in [3.8, 4) is 0 Å². The molecular formula is C7H11BrO4. The summed E-state index contributed by atoms with van der Waals surface area (Å²) in [4.78, 5) is 21.7. The van der Waals surface area contributed by atoms with E-state index < -0.39 is 17.9 Å². The Morgan fingerprint density at radius 2 is 1.50 bits per heavy atom. The van der Waals surface area contributed by atoms with E-state index in [0.29, 0.717) is 0 Å². The summed E-state index contributed by atoms with van der Waals surface area (Å²) in [5.74, 6) is -2.07. The van der Waals surface area contributed by atoms with Gasteiger partial charge in [-0.15, -0.1) is 0 Å². The van der Waals surface area contributed by atoms with E-state index in [1.165, 1.54) is 14.2 Å². The Labute approximate surface area is 79.3 Å². The maximum Gasteiger partial charge on any atom is 0.321 e. The maximum atomic E-state index is 11.0. The second-order valence-electron chi connectivity index (χ2n) is 2.20. The van der Waals surface area contributed by atoms with Crippen molar-refractivity contribution in [2.75, 3.05) is 14.2 Å². The average Bonchev–Trinajstić information content (AvgIpc) is 2.03. The Kier molecular flexibility index (Phi) is 4.89. The fourth-order valence-corrected chi connectivity index (χ4v) is 1.16. The summed E-state index contributed by atoms with van der Waals surface area (Å²) in [5, 5.41) is 0. The molecule has 0 heterocycles. The standard InChI is InChI=1S/C7H11BrO4/c1-4(8)5(6(9)11-2)7(10)12-3/h4-5H,1-3H3. The van der Waals surface area contributed by atoms with Gasteiger partial charge in [0.1, 0.15) is 0 Å². The maximum absolute atomic E-state index is 11.0. The number of hydrogen-bond acceptors (Lipinski definition) is 4. The zero-order chi connectivity index (χ0) is 9.72. The van der Waals surface area contributed by atoms with Crippen LogP contribution in [0.15, 0.2) is 0 Å². The highest BCUT2D eigenvalue weighted by atomic mass is 79.9. The first-order valence-corrected chi connectivity index (χ1v) is 4.25. The van der Waals surface area contributed by atoms with Crippen LogP contribution in [-0.2, 0) is 19.1 Å². The Balaban J connectivity index is 4.43. The van der Waals surface area contributed by atoms with Crippen LogP contribution in [0, 0.1) is 5.92 Å². The molecule has 0 saturated heterocycles. The summed E-state index contributed by atoms with van der Waals surface area (Å²) in [6.07, 6.45) is 0. The summed E-state index contributed by atoms with van der Waals surface area (Å²) in [6.45, 7) is 1.68. The van der Waals surface area contributed by atoms with Gasteiger partial charge < -0.3 is 9.47 Å². The van der Waals surface area contributed by atoms with E-state index in [2.05, 4.69) is 25.4 Å². The largest absolute Gasteiger partial charge is 0.468 e. The second kappa shape index (κ2) is 5.13. The van der Waals surface area contributed by atoms with Gasteiger partial charge >= 0.3 is 11.9 Å². The smallest absolute Gasteiger partial charge is 0.321 e. The van der Waals surface area contributed by atoms with Crippen molar-refractivity contribution in [1.29, 1.82) is 0 Å². The summed E-state index contributed by atoms with van der Waals surface area (Å²) in [6, 6.07) is 0. The van der Waals surface area contributed by atoms with Gasteiger partial charge in [-0.3, -0.25) is 9.59 Å². The van der Waals surface area contributed by atoms with Gasteiger partial charge in [0, 0.05) is 4.83 Å². The Morgan fingerprint density at radius 3 is 1.67 bits per heavy atom. The van der Waals surface area contributed by atoms with E-state index in [-0.39, 0.29) is 4.83 Å². The minimum Gasteiger partial charge on any atom is -0.468 e. The lowest BCUT2D eigenvalue weighted by molar-refractivity contribution is -0.158. The number of hydrogen-bond donors (Lipinski definition) is 0. The number of halogens is 1. The Bertz CT molecular complexity index is 162. The van der Waals surface area contributed by atoms with E-state index >= 15 is 0 Å². The Hall–Kier alpha value is -0.580. The molecule has 0 spiro atoms. The molecule has 0 bridgehead atoms. The van der Waals surface area contributed by atoms with Gasteiger partial charge in [0.05, 0.1) is 14.2 Å². The monoisotopic (exact) mass is 238 g/mol. The summed E-state index contributed by atoms with van der Waals surface area (Å²) in [5.41, 5.74) is 0. The van der Waals surface area contributed by atoms with E-state index in [1.807, 2.05) is 0 Å². The lowest BCUT2D eigenvalue weighted by atomic mass is 10.1. The van der Waals surface area contributed by atoms with Crippen LogP contribution in [0.5, 0.6) is 0 Å². The van der Waals surface area contributed by atoms with Gasteiger partial charge in [-0.05, 0) is 0 Å². The van der Waals surface area contributed by atoms with E-state index in [1.54, 1.807) is 6.92 Å². The van der Waals surface area contributed by atoms with Crippen LogP contribution in [-0.4, -0.2) is 31.0 Å². The van der Waals surface area contributed by atoms with Crippen molar-refractivity contribution >= 4 is 27.9 Å². The molecule has 5 heteroatoms. The predicted molar refractivity (Wildman–Crippen MR) is 45.9 cm³/mol. The lowest BCUT2D eigenvalue weighted by Gasteiger charge is -2.13. The van der Waals surface area contributed by atoms with Crippen LogP contribution in [0.2, 0.25) is 0 Å². The number of rotatable bonds is 3. The molecule has 4 nitrogen and oxygen atoms in total. The molecule has 0 aromatic rings. The SMILES string of the molecule is COC(=O)C(C(=O)OC)C(C)Br. The molecule has 1 unspecified atom stereocenters. The topological polar surface area (TPSA) is 52.6 Å². The number of ether oxygens (including phenoxy) is 2. The van der Waals surface area contributed by atoms with Crippen LogP contribution in [0.4, 0.5) is 0 Å². The molecule has 0 aliphatic rings. The van der Waals surface area contributed by atoms with Crippen molar-refractivity contribution in [3.63, 3.8) is 0 Å². The molecule has 0 amide bonds. The number of methoxy groups -OCH3 is 2. The molecule has 0 radical (unpaired) electrons. The van der Waals surface area contributed by atoms with Gasteiger partial charge in [0.15, 0.2) is 5.92 Å². The van der Waals surface area contributed by atoms with Crippen molar-refractivity contribution in [1.82, 2.24) is 0 Å². The molecule has 0 N–H and O–H groups in total. The fourth-order valence-electron chi connectivity index (χ4n) is 0.725. The minimum absolute atomic E-state index is 0.294. The first-order chi connectivity index (χ1) is 5.54. The molecule has 70 valence electrons. The van der Waals surface area contributed by atoms with Crippen LogP contribution in [0.3, 0.4) is 0 Å². The van der Waals surface area contributed by atoms with E-state index in [9.17, 15) is 9.59 Å². The van der Waals surface area contributed by atoms with Gasteiger partial charge in [-0.2, -0.15) is 0 Å². The molecule has 0 rings (SSSR count). The minimum atomic E-state index is -0.889. The molecule has 0 aromatic heterocycles. The van der Waals surface area contributed by atoms with E-state index in [4.69, 9.17) is 0 Å². The summed E-state index contributed by atoms with van der Waals surface area (Å²) < 4.78 is 8.85. The lowest BCUT2D eigenvalue weighted by Crippen LogP contribution is -2.32. The van der Waals surface area contributed by atoms with Gasteiger partial charge in [-0.25, -0.2) is 0 Å². The van der Waals surface area contributed by atoms with Gasteiger partial charge in [0.2, 0.25) is 0 Å². The predicted octanol–water partition coefficient (Wildman–Crippen LogP) is 0.732. The molecule has 0 aliphatic carbocycles. The van der Waals surface area contributed by atoms with Crippen LogP contribution in [0.25, 0.3) is 0 Å². The molecule has 0 saturated carbocycles. The summed E-state index contributed by atoms with van der Waals surface area (Å²) in [7, 11) is 2.46. The molecule has 0 aliphatic heterocycles.